The molecule has 1 N–H and O–H groups in total. The number of aliphatic hydroxyl groups excluding tert-OH is 1. The maximum Gasteiger partial charge on any atom is 0.169 e. The lowest BCUT2D eigenvalue weighted by molar-refractivity contribution is 0.187. The lowest BCUT2D eigenvalue weighted by Crippen LogP contribution is -1.96. The highest BCUT2D eigenvalue weighted by molar-refractivity contribution is 9.12. The summed E-state index contributed by atoms with van der Waals surface area (Å²) in [5, 5.41) is 10.0. The highest BCUT2D eigenvalue weighted by Gasteiger charge is 2.19. The summed E-state index contributed by atoms with van der Waals surface area (Å²) in [6.07, 6.45) is -0.742. The molecule has 2 heterocycles. The van der Waals surface area contributed by atoms with Crippen LogP contribution in [0.3, 0.4) is 0 Å². The van der Waals surface area contributed by atoms with Crippen molar-refractivity contribution >= 4 is 59.1 Å². The molecule has 0 fully saturated rings. The van der Waals surface area contributed by atoms with Gasteiger partial charge in [0.15, 0.2) is 4.67 Å². The fourth-order valence-corrected chi connectivity index (χ4v) is 4.37. The maximum absolute atomic E-state index is 10.0. The van der Waals surface area contributed by atoms with Crippen LogP contribution in [0.4, 0.5) is 0 Å². The standard InChI is InChI=1S/C9H5Br3O2S/c10-6-2-1-5(14-6)8(13)4-3-7(11)15-9(4)12/h1-3,8,13H. The van der Waals surface area contributed by atoms with E-state index in [9.17, 15) is 5.11 Å². The molecule has 0 amide bonds. The third-order valence-electron chi connectivity index (χ3n) is 1.84. The Bertz CT molecular complexity index is 477. The van der Waals surface area contributed by atoms with Crippen molar-refractivity contribution in [3.8, 4) is 0 Å². The second kappa shape index (κ2) is 4.71. The molecule has 15 heavy (non-hydrogen) atoms. The van der Waals surface area contributed by atoms with Gasteiger partial charge in [0.2, 0.25) is 0 Å². The number of thiophene rings is 1. The SMILES string of the molecule is OC(c1ccc(Br)o1)c1cc(Br)sc1Br. The average molecular weight is 417 g/mol. The third kappa shape index (κ3) is 2.55. The fraction of sp³-hybridized carbons (Fsp3) is 0.111. The van der Waals surface area contributed by atoms with Crippen LogP contribution >= 0.6 is 59.1 Å². The summed E-state index contributed by atoms with van der Waals surface area (Å²) in [4.78, 5) is 0. The van der Waals surface area contributed by atoms with Gasteiger partial charge in [-0.1, -0.05) is 0 Å². The number of furan rings is 1. The number of halogens is 3. The lowest BCUT2D eigenvalue weighted by Gasteiger charge is -2.05. The van der Waals surface area contributed by atoms with Crippen LogP contribution < -0.4 is 0 Å². The van der Waals surface area contributed by atoms with Gasteiger partial charge in [0.05, 0.1) is 7.57 Å². The first-order valence-electron chi connectivity index (χ1n) is 3.96. The number of hydrogen-bond donors (Lipinski definition) is 1. The van der Waals surface area contributed by atoms with E-state index in [0.29, 0.717) is 10.4 Å². The van der Waals surface area contributed by atoms with E-state index < -0.39 is 6.10 Å². The molecule has 0 radical (unpaired) electrons. The lowest BCUT2D eigenvalue weighted by atomic mass is 10.1. The van der Waals surface area contributed by atoms with Gasteiger partial charge in [0.1, 0.15) is 11.9 Å². The van der Waals surface area contributed by atoms with Gasteiger partial charge in [0, 0.05) is 5.56 Å². The highest BCUT2D eigenvalue weighted by Crippen LogP contribution is 2.38. The Morgan fingerprint density at radius 2 is 2.00 bits per heavy atom. The molecule has 0 bridgehead atoms. The normalized spacial score (nSPS) is 13.1. The molecule has 2 aromatic heterocycles. The van der Waals surface area contributed by atoms with Gasteiger partial charge in [-0.15, -0.1) is 11.3 Å². The van der Waals surface area contributed by atoms with Crippen molar-refractivity contribution in [3.63, 3.8) is 0 Å². The van der Waals surface area contributed by atoms with Crippen molar-refractivity contribution in [1.29, 1.82) is 0 Å². The number of hydrogen-bond acceptors (Lipinski definition) is 3. The Hall–Kier alpha value is 0.380. The highest BCUT2D eigenvalue weighted by atomic mass is 79.9. The van der Waals surface area contributed by atoms with Gasteiger partial charge in [-0.3, -0.25) is 0 Å². The molecule has 6 heteroatoms. The number of aliphatic hydroxyl groups is 1. The molecular weight excluding hydrogens is 412 g/mol. The summed E-state index contributed by atoms with van der Waals surface area (Å²) in [7, 11) is 0. The molecule has 0 aliphatic carbocycles. The Labute approximate surface area is 116 Å². The van der Waals surface area contributed by atoms with E-state index in [1.807, 2.05) is 6.07 Å². The first-order valence-corrected chi connectivity index (χ1v) is 7.15. The van der Waals surface area contributed by atoms with Gasteiger partial charge >= 0.3 is 0 Å². The van der Waals surface area contributed by atoms with E-state index in [-0.39, 0.29) is 0 Å². The number of rotatable bonds is 2. The van der Waals surface area contributed by atoms with Gasteiger partial charge in [-0.2, -0.15) is 0 Å². The average Bonchev–Trinajstić information content (AvgIpc) is 2.71. The van der Waals surface area contributed by atoms with Crippen molar-refractivity contribution in [1.82, 2.24) is 0 Å². The first-order chi connectivity index (χ1) is 7.08. The van der Waals surface area contributed by atoms with Crippen molar-refractivity contribution in [2.75, 3.05) is 0 Å². The largest absolute Gasteiger partial charge is 0.451 e. The van der Waals surface area contributed by atoms with Crippen LogP contribution in [-0.4, -0.2) is 5.11 Å². The molecular formula is C9H5Br3O2S. The third-order valence-corrected chi connectivity index (χ3v) is 4.65. The molecule has 1 unspecified atom stereocenters. The molecule has 0 saturated heterocycles. The summed E-state index contributed by atoms with van der Waals surface area (Å²) < 4.78 is 7.78. The van der Waals surface area contributed by atoms with Crippen molar-refractivity contribution in [3.05, 3.63) is 41.8 Å². The monoisotopic (exact) mass is 414 g/mol. The maximum atomic E-state index is 10.0. The molecule has 2 aromatic rings. The fourth-order valence-electron chi connectivity index (χ4n) is 1.17. The second-order valence-corrected chi connectivity index (χ2v) is 7.35. The van der Waals surface area contributed by atoms with E-state index in [2.05, 4.69) is 47.8 Å². The topological polar surface area (TPSA) is 33.4 Å². The summed E-state index contributed by atoms with van der Waals surface area (Å²) in [6.45, 7) is 0. The summed E-state index contributed by atoms with van der Waals surface area (Å²) >= 11 is 11.5. The molecule has 0 aliphatic rings. The van der Waals surface area contributed by atoms with Crippen molar-refractivity contribution in [2.45, 2.75) is 6.10 Å². The summed E-state index contributed by atoms with van der Waals surface area (Å²) in [5.74, 6) is 0.521. The van der Waals surface area contributed by atoms with E-state index >= 15 is 0 Å². The van der Waals surface area contributed by atoms with Crippen LogP contribution in [0.15, 0.2) is 34.9 Å². The Morgan fingerprint density at radius 3 is 2.47 bits per heavy atom. The quantitative estimate of drug-likeness (QED) is 0.769. The van der Waals surface area contributed by atoms with E-state index in [1.165, 1.54) is 11.3 Å². The predicted octanol–water partition coefficient (Wildman–Crippen LogP) is 4.71. The van der Waals surface area contributed by atoms with E-state index in [0.717, 1.165) is 13.1 Å². The van der Waals surface area contributed by atoms with Crippen LogP contribution in [0.25, 0.3) is 0 Å². The predicted molar refractivity (Wildman–Crippen MR) is 70.2 cm³/mol. The van der Waals surface area contributed by atoms with Crippen LogP contribution in [0.2, 0.25) is 0 Å². The second-order valence-electron chi connectivity index (χ2n) is 2.82. The zero-order chi connectivity index (χ0) is 11.0. The molecule has 0 saturated carbocycles. The minimum atomic E-state index is -0.742. The van der Waals surface area contributed by atoms with Crippen LogP contribution in [0.1, 0.15) is 17.4 Å². The summed E-state index contributed by atoms with van der Waals surface area (Å²) in [6, 6.07) is 5.37. The van der Waals surface area contributed by atoms with Gasteiger partial charge in [0.25, 0.3) is 0 Å². The van der Waals surface area contributed by atoms with Gasteiger partial charge in [-0.05, 0) is 66.0 Å². The molecule has 2 rings (SSSR count). The van der Waals surface area contributed by atoms with E-state index in [1.54, 1.807) is 12.1 Å². The van der Waals surface area contributed by atoms with Crippen molar-refractivity contribution < 1.29 is 9.52 Å². The molecule has 80 valence electrons. The zero-order valence-electron chi connectivity index (χ0n) is 7.21. The Kier molecular flexibility index (Phi) is 3.72. The molecule has 1 atom stereocenters. The van der Waals surface area contributed by atoms with Crippen LogP contribution in [0.5, 0.6) is 0 Å². The minimum Gasteiger partial charge on any atom is -0.451 e. The van der Waals surface area contributed by atoms with Gasteiger partial charge < -0.3 is 9.52 Å². The van der Waals surface area contributed by atoms with Crippen LogP contribution in [-0.2, 0) is 0 Å². The smallest absolute Gasteiger partial charge is 0.169 e. The van der Waals surface area contributed by atoms with Crippen LogP contribution in [0, 0.1) is 0 Å². The minimum absolute atomic E-state index is 0.521. The van der Waals surface area contributed by atoms with E-state index in [4.69, 9.17) is 4.42 Å². The first kappa shape index (κ1) is 11.9. The van der Waals surface area contributed by atoms with Gasteiger partial charge in [-0.25, -0.2) is 0 Å². The van der Waals surface area contributed by atoms with Crippen molar-refractivity contribution in [2.24, 2.45) is 0 Å². The molecule has 0 aromatic carbocycles. The zero-order valence-corrected chi connectivity index (χ0v) is 12.8. The Morgan fingerprint density at radius 1 is 1.27 bits per heavy atom. The summed E-state index contributed by atoms with van der Waals surface area (Å²) in [5.41, 5.74) is 0.800. The molecule has 0 spiro atoms. The molecule has 0 aliphatic heterocycles. The Balaban J connectivity index is 2.35. The molecule has 2 nitrogen and oxygen atoms in total.